The Kier molecular flexibility index (Phi) is 6.58. The van der Waals surface area contributed by atoms with E-state index in [1.165, 1.54) is 0 Å². The maximum Gasteiger partial charge on any atom is 0.313 e. The quantitative estimate of drug-likeness (QED) is 0.742. The molecule has 29 heavy (non-hydrogen) atoms. The minimum atomic E-state index is -0.681. The highest BCUT2D eigenvalue weighted by Crippen LogP contribution is 2.20. The van der Waals surface area contributed by atoms with Gasteiger partial charge in [-0.05, 0) is 43.0 Å². The number of hydrogen-bond donors (Lipinski definition) is 2. The topological polar surface area (TPSA) is 90.5 Å². The molecule has 154 valence electrons. The number of carbonyl (C=O) groups excluding carboxylic acids is 2. The Labute approximate surface area is 169 Å². The van der Waals surface area contributed by atoms with E-state index in [0.29, 0.717) is 18.2 Å². The Balaban J connectivity index is 1.41. The molecule has 0 bridgehead atoms. The number of piperidine rings is 1. The van der Waals surface area contributed by atoms with Crippen molar-refractivity contribution < 1.29 is 14.0 Å². The molecule has 3 rings (SSSR count). The molecular formula is C20H25FN6O2. The van der Waals surface area contributed by atoms with Crippen molar-refractivity contribution in [3.63, 3.8) is 0 Å². The van der Waals surface area contributed by atoms with Gasteiger partial charge in [-0.15, -0.1) is 0 Å². The summed E-state index contributed by atoms with van der Waals surface area (Å²) in [6.45, 7) is 1.87. The second-order valence-electron chi connectivity index (χ2n) is 7.24. The first-order valence-electron chi connectivity index (χ1n) is 9.51. The molecule has 1 saturated heterocycles. The highest BCUT2D eigenvalue weighted by molar-refractivity contribution is 6.39. The van der Waals surface area contributed by atoms with Crippen molar-refractivity contribution >= 4 is 29.1 Å². The van der Waals surface area contributed by atoms with E-state index in [1.807, 2.05) is 36.0 Å². The van der Waals surface area contributed by atoms with E-state index < -0.39 is 17.6 Å². The van der Waals surface area contributed by atoms with Gasteiger partial charge in [0.05, 0.1) is 12.4 Å². The van der Waals surface area contributed by atoms with Crippen LogP contribution in [0, 0.1) is 11.7 Å². The normalized spacial score (nSPS) is 14.4. The summed E-state index contributed by atoms with van der Waals surface area (Å²) in [6.07, 6.45) is 3.96. The number of amides is 2. The molecule has 1 aromatic heterocycles. The number of rotatable bonds is 5. The lowest BCUT2D eigenvalue weighted by molar-refractivity contribution is -0.136. The van der Waals surface area contributed by atoms with Crippen LogP contribution in [0.1, 0.15) is 12.8 Å². The number of hydrogen-bond acceptors (Lipinski definition) is 6. The van der Waals surface area contributed by atoms with Crippen LogP contribution in [0.3, 0.4) is 0 Å². The number of anilines is 3. The summed E-state index contributed by atoms with van der Waals surface area (Å²) >= 11 is 0. The van der Waals surface area contributed by atoms with E-state index in [2.05, 4.69) is 20.6 Å². The van der Waals surface area contributed by atoms with Crippen molar-refractivity contribution in [2.75, 3.05) is 48.8 Å². The van der Waals surface area contributed by atoms with Gasteiger partial charge in [-0.25, -0.2) is 14.4 Å². The Hall–Kier alpha value is -3.23. The van der Waals surface area contributed by atoms with Gasteiger partial charge in [0.2, 0.25) is 5.95 Å². The first-order chi connectivity index (χ1) is 13.9. The van der Waals surface area contributed by atoms with Crippen LogP contribution in [0.15, 0.2) is 36.7 Å². The fourth-order valence-corrected chi connectivity index (χ4v) is 3.15. The van der Waals surface area contributed by atoms with Crippen molar-refractivity contribution in [2.24, 2.45) is 5.92 Å². The lowest BCUT2D eigenvalue weighted by Crippen LogP contribution is -2.42. The smallest absolute Gasteiger partial charge is 0.313 e. The van der Waals surface area contributed by atoms with E-state index in [9.17, 15) is 14.0 Å². The minimum absolute atomic E-state index is 0.267. The highest BCUT2D eigenvalue weighted by Gasteiger charge is 2.22. The molecule has 0 atom stereocenters. The highest BCUT2D eigenvalue weighted by atomic mass is 19.1. The third kappa shape index (κ3) is 5.63. The summed E-state index contributed by atoms with van der Waals surface area (Å²) < 4.78 is 12.9. The van der Waals surface area contributed by atoms with Gasteiger partial charge in [0, 0.05) is 45.1 Å². The van der Waals surface area contributed by atoms with Crippen molar-refractivity contribution in [1.82, 2.24) is 15.3 Å². The van der Waals surface area contributed by atoms with Crippen LogP contribution in [0.4, 0.5) is 21.7 Å². The zero-order chi connectivity index (χ0) is 20.8. The molecule has 0 spiro atoms. The number of aromatic nitrogens is 2. The monoisotopic (exact) mass is 400 g/mol. The lowest BCUT2D eigenvalue weighted by atomic mass is 9.97. The molecule has 0 unspecified atom stereocenters. The summed E-state index contributed by atoms with van der Waals surface area (Å²) in [5, 5.41) is 5.31. The third-order valence-corrected chi connectivity index (χ3v) is 4.90. The van der Waals surface area contributed by atoms with Gasteiger partial charge in [-0.1, -0.05) is 0 Å². The van der Waals surface area contributed by atoms with Gasteiger partial charge >= 0.3 is 11.8 Å². The molecule has 2 N–H and O–H groups in total. The fraction of sp³-hybridized carbons (Fsp3) is 0.400. The second-order valence-corrected chi connectivity index (χ2v) is 7.24. The molecule has 8 nitrogen and oxygen atoms in total. The molecule has 2 heterocycles. The van der Waals surface area contributed by atoms with Crippen LogP contribution in [0.2, 0.25) is 0 Å². The average molecular weight is 400 g/mol. The van der Waals surface area contributed by atoms with Crippen molar-refractivity contribution in [3.8, 4) is 0 Å². The van der Waals surface area contributed by atoms with E-state index in [1.54, 1.807) is 12.1 Å². The molecule has 0 radical (unpaired) electrons. The molecule has 2 amide bonds. The standard InChI is InChI=1S/C20H25FN6O2/c1-26(2)17-5-3-16(4-6-17)25-19(29)18(28)22-11-14-7-9-27(10-8-14)20-23-12-15(21)13-24-20/h3-6,12-14H,7-11H2,1-2H3,(H,22,28)(H,25,29). The van der Waals surface area contributed by atoms with Crippen LogP contribution in [0.25, 0.3) is 0 Å². The molecular weight excluding hydrogens is 375 g/mol. The Morgan fingerprint density at radius 3 is 2.31 bits per heavy atom. The molecule has 0 saturated carbocycles. The summed E-state index contributed by atoms with van der Waals surface area (Å²) in [5.41, 5.74) is 1.58. The van der Waals surface area contributed by atoms with Gasteiger partial charge < -0.3 is 20.4 Å². The molecule has 1 aromatic carbocycles. The number of benzene rings is 1. The zero-order valence-corrected chi connectivity index (χ0v) is 16.6. The third-order valence-electron chi connectivity index (χ3n) is 4.90. The van der Waals surface area contributed by atoms with E-state index >= 15 is 0 Å². The van der Waals surface area contributed by atoms with Crippen LogP contribution in [-0.4, -0.2) is 55.5 Å². The number of nitrogens with zero attached hydrogens (tertiary/aromatic N) is 4. The first kappa shape index (κ1) is 20.5. The summed E-state index contributed by atoms with van der Waals surface area (Å²) in [4.78, 5) is 36.1. The van der Waals surface area contributed by atoms with Gasteiger partial charge in [0.1, 0.15) is 0 Å². The number of halogens is 1. The summed E-state index contributed by atoms with van der Waals surface area (Å²) in [6, 6.07) is 7.25. The maximum absolute atomic E-state index is 12.9. The number of nitrogens with one attached hydrogen (secondary N) is 2. The fourth-order valence-electron chi connectivity index (χ4n) is 3.15. The molecule has 1 fully saturated rings. The van der Waals surface area contributed by atoms with Crippen LogP contribution >= 0.6 is 0 Å². The summed E-state index contributed by atoms with van der Waals surface area (Å²) in [7, 11) is 3.86. The largest absolute Gasteiger partial charge is 0.378 e. The number of carbonyl (C=O) groups is 2. The minimum Gasteiger partial charge on any atom is -0.378 e. The summed E-state index contributed by atoms with van der Waals surface area (Å²) in [5.74, 6) is -1.01. The second kappa shape index (κ2) is 9.31. The van der Waals surface area contributed by atoms with E-state index in [4.69, 9.17) is 0 Å². The molecule has 2 aromatic rings. The van der Waals surface area contributed by atoms with Crippen LogP contribution < -0.4 is 20.4 Å². The van der Waals surface area contributed by atoms with Gasteiger partial charge in [-0.3, -0.25) is 9.59 Å². The van der Waals surface area contributed by atoms with Crippen molar-refractivity contribution in [3.05, 3.63) is 42.5 Å². The first-order valence-corrected chi connectivity index (χ1v) is 9.51. The Morgan fingerprint density at radius 2 is 1.72 bits per heavy atom. The van der Waals surface area contributed by atoms with Crippen molar-refractivity contribution in [2.45, 2.75) is 12.8 Å². The van der Waals surface area contributed by atoms with E-state index in [0.717, 1.165) is 44.0 Å². The van der Waals surface area contributed by atoms with Crippen LogP contribution in [-0.2, 0) is 9.59 Å². The van der Waals surface area contributed by atoms with Gasteiger partial charge in [0.25, 0.3) is 0 Å². The Morgan fingerprint density at radius 1 is 1.10 bits per heavy atom. The Bertz CT molecular complexity index is 833. The molecule has 1 aliphatic heterocycles. The van der Waals surface area contributed by atoms with Crippen LogP contribution in [0.5, 0.6) is 0 Å². The predicted molar refractivity (Wildman–Crippen MR) is 109 cm³/mol. The predicted octanol–water partition coefficient (Wildman–Crippen LogP) is 1.65. The van der Waals surface area contributed by atoms with Crippen molar-refractivity contribution in [1.29, 1.82) is 0 Å². The van der Waals surface area contributed by atoms with E-state index in [-0.39, 0.29) is 5.92 Å². The average Bonchev–Trinajstić information content (AvgIpc) is 2.73. The van der Waals surface area contributed by atoms with Gasteiger partial charge in [0.15, 0.2) is 5.82 Å². The SMILES string of the molecule is CN(C)c1ccc(NC(=O)C(=O)NCC2CCN(c3ncc(F)cn3)CC2)cc1. The maximum atomic E-state index is 12.9. The molecule has 1 aliphatic rings. The molecule has 9 heteroatoms. The molecule has 0 aliphatic carbocycles. The van der Waals surface area contributed by atoms with Gasteiger partial charge in [-0.2, -0.15) is 0 Å². The zero-order valence-electron chi connectivity index (χ0n) is 16.6. The lowest BCUT2D eigenvalue weighted by Gasteiger charge is -2.31.